The van der Waals surface area contributed by atoms with Gasteiger partial charge in [-0.1, -0.05) is 43.7 Å². The number of benzene rings is 1. The zero-order chi connectivity index (χ0) is 14.8. The third kappa shape index (κ3) is 5.71. The number of nitrogens with one attached hydrogen (secondary N) is 2. The summed E-state index contributed by atoms with van der Waals surface area (Å²) in [5.41, 5.74) is 2.97. The summed E-state index contributed by atoms with van der Waals surface area (Å²) >= 11 is 0. The Kier molecular flexibility index (Phi) is 7.13. The van der Waals surface area contributed by atoms with Gasteiger partial charge in [-0.05, 0) is 12.0 Å². The summed E-state index contributed by atoms with van der Waals surface area (Å²) in [4.78, 5) is 23.3. The van der Waals surface area contributed by atoms with E-state index in [0.29, 0.717) is 13.0 Å². The molecule has 110 valence electrons. The molecule has 0 saturated carbocycles. The minimum absolute atomic E-state index is 0.338. The molecule has 0 aliphatic heterocycles. The molecule has 2 amide bonds. The smallest absolute Gasteiger partial charge is 0.407 e. The Labute approximate surface area is 118 Å². The Balaban J connectivity index is 2.56. The Morgan fingerprint density at radius 1 is 1.30 bits per heavy atom. The van der Waals surface area contributed by atoms with Crippen molar-refractivity contribution in [3.8, 4) is 0 Å². The van der Waals surface area contributed by atoms with E-state index in [-0.39, 0.29) is 0 Å². The Morgan fingerprint density at radius 2 is 2.00 bits per heavy atom. The highest BCUT2D eigenvalue weighted by molar-refractivity contribution is 5.85. The van der Waals surface area contributed by atoms with Crippen LogP contribution < -0.4 is 16.6 Å². The number of rotatable bonds is 7. The molecule has 1 aromatic carbocycles. The third-order valence-corrected chi connectivity index (χ3v) is 2.76. The van der Waals surface area contributed by atoms with Crippen LogP contribution in [0.4, 0.5) is 4.79 Å². The van der Waals surface area contributed by atoms with Crippen LogP contribution in [-0.2, 0) is 16.0 Å². The van der Waals surface area contributed by atoms with Crippen LogP contribution in [0.2, 0.25) is 0 Å². The minimum Gasteiger partial charge on any atom is -0.450 e. The highest BCUT2D eigenvalue weighted by Crippen LogP contribution is 2.03. The largest absolute Gasteiger partial charge is 0.450 e. The molecule has 6 heteroatoms. The van der Waals surface area contributed by atoms with Gasteiger partial charge in [0, 0.05) is 6.42 Å². The first-order valence-corrected chi connectivity index (χ1v) is 6.65. The fourth-order valence-corrected chi connectivity index (χ4v) is 1.65. The van der Waals surface area contributed by atoms with Crippen LogP contribution in [0.3, 0.4) is 0 Å². The average molecular weight is 279 g/mol. The lowest BCUT2D eigenvalue weighted by Gasteiger charge is -2.17. The van der Waals surface area contributed by atoms with Gasteiger partial charge in [0.1, 0.15) is 6.04 Å². The van der Waals surface area contributed by atoms with E-state index in [9.17, 15) is 9.59 Å². The van der Waals surface area contributed by atoms with Gasteiger partial charge in [-0.2, -0.15) is 0 Å². The van der Waals surface area contributed by atoms with E-state index < -0.39 is 18.0 Å². The lowest BCUT2D eigenvalue weighted by molar-refractivity contribution is -0.123. The van der Waals surface area contributed by atoms with Crippen molar-refractivity contribution in [2.24, 2.45) is 5.84 Å². The first-order chi connectivity index (χ1) is 9.67. The van der Waals surface area contributed by atoms with Crippen molar-refractivity contribution >= 4 is 12.0 Å². The van der Waals surface area contributed by atoms with E-state index >= 15 is 0 Å². The first kappa shape index (κ1) is 16.0. The average Bonchev–Trinajstić information content (AvgIpc) is 2.47. The molecule has 0 heterocycles. The third-order valence-electron chi connectivity index (χ3n) is 2.76. The fraction of sp³-hybridized carbons (Fsp3) is 0.429. The Morgan fingerprint density at radius 3 is 2.60 bits per heavy atom. The topological polar surface area (TPSA) is 93.4 Å². The molecule has 0 radical (unpaired) electrons. The minimum atomic E-state index is -0.753. The van der Waals surface area contributed by atoms with Crippen LogP contribution in [-0.4, -0.2) is 24.6 Å². The summed E-state index contributed by atoms with van der Waals surface area (Å²) in [5, 5.41) is 2.52. The summed E-state index contributed by atoms with van der Waals surface area (Å²) in [6, 6.07) is 8.62. The molecular weight excluding hydrogens is 258 g/mol. The number of carbonyl (C=O) groups excluding carboxylic acids is 2. The molecule has 0 aliphatic carbocycles. The molecule has 1 aromatic rings. The number of alkyl carbamates (subject to hydrolysis) is 1. The SMILES string of the molecule is CCCCOC(=O)NC(Cc1ccccc1)C(=O)NN. The quantitative estimate of drug-likeness (QED) is 0.302. The molecule has 1 atom stereocenters. The zero-order valence-electron chi connectivity index (χ0n) is 11.6. The van der Waals surface area contributed by atoms with Gasteiger partial charge in [-0.15, -0.1) is 0 Å². The maximum atomic E-state index is 11.7. The number of unbranched alkanes of at least 4 members (excludes halogenated alkanes) is 1. The maximum Gasteiger partial charge on any atom is 0.407 e. The molecule has 1 rings (SSSR count). The fourth-order valence-electron chi connectivity index (χ4n) is 1.65. The van der Waals surface area contributed by atoms with E-state index in [0.717, 1.165) is 18.4 Å². The molecule has 20 heavy (non-hydrogen) atoms. The highest BCUT2D eigenvalue weighted by Gasteiger charge is 2.20. The number of nitrogens with two attached hydrogens (primary N) is 1. The van der Waals surface area contributed by atoms with Crippen molar-refractivity contribution in [2.45, 2.75) is 32.2 Å². The molecule has 0 fully saturated rings. The monoisotopic (exact) mass is 279 g/mol. The van der Waals surface area contributed by atoms with Gasteiger partial charge in [0.25, 0.3) is 5.91 Å². The Hall–Kier alpha value is -2.08. The number of ether oxygens (including phenoxy) is 1. The predicted octanol–water partition coefficient (Wildman–Crippen LogP) is 1.11. The second-order valence-electron chi connectivity index (χ2n) is 4.38. The van der Waals surface area contributed by atoms with Crippen molar-refractivity contribution in [2.75, 3.05) is 6.61 Å². The normalized spacial score (nSPS) is 11.5. The number of amides is 2. The predicted molar refractivity (Wildman–Crippen MR) is 75.7 cm³/mol. The van der Waals surface area contributed by atoms with Crippen LogP contribution in [0.1, 0.15) is 25.3 Å². The van der Waals surface area contributed by atoms with Crippen molar-refractivity contribution < 1.29 is 14.3 Å². The molecule has 0 bridgehead atoms. The molecule has 6 nitrogen and oxygen atoms in total. The molecular formula is C14H21N3O3. The second-order valence-corrected chi connectivity index (χ2v) is 4.38. The van der Waals surface area contributed by atoms with Gasteiger partial charge in [0.05, 0.1) is 6.61 Å². The summed E-state index contributed by atoms with van der Waals surface area (Å²) in [7, 11) is 0. The van der Waals surface area contributed by atoms with E-state index in [1.807, 2.05) is 42.7 Å². The lowest BCUT2D eigenvalue weighted by atomic mass is 10.1. The number of hydrogen-bond donors (Lipinski definition) is 3. The van der Waals surface area contributed by atoms with E-state index in [1.165, 1.54) is 0 Å². The number of hydrogen-bond acceptors (Lipinski definition) is 4. The van der Waals surface area contributed by atoms with Gasteiger partial charge < -0.3 is 10.1 Å². The van der Waals surface area contributed by atoms with Crippen molar-refractivity contribution in [1.29, 1.82) is 0 Å². The van der Waals surface area contributed by atoms with Crippen molar-refractivity contribution in [3.05, 3.63) is 35.9 Å². The molecule has 0 spiro atoms. The van der Waals surface area contributed by atoms with Crippen LogP contribution in [0, 0.1) is 0 Å². The van der Waals surface area contributed by atoms with Crippen molar-refractivity contribution in [1.82, 2.24) is 10.7 Å². The van der Waals surface area contributed by atoms with E-state index in [2.05, 4.69) is 5.32 Å². The van der Waals surface area contributed by atoms with Gasteiger partial charge in [0.15, 0.2) is 0 Å². The van der Waals surface area contributed by atoms with Crippen molar-refractivity contribution in [3.63, 3.8) is 0 Å². The number of hydrazine groups is 1. The summed E-state index contributed by atoms with van der Waals surface area (Å²) < 4.78 is 4.97. The summed E-state index contributed by atoms with van der Waals surface area (Å²) in [5.74, 6) is 4.68. The first-order valence-electron chi connectivity index (χ1n) is 6.65. The van der Waals surface area contributed by atoms with Gasteiger partial charge >= 0.3 is 6.09 Å². The molecule has 0 aromatic heterocycles. The van der Waals surface area contributed by atoms with Gasteiger partial charge in [-0.3, -0.25) is 10.2 Å². The molecule has 1 unspecified atom stereocenters. The molecule has 4 N–H and O–H groups in total. The van der Waals surface area contributed by atoms with Crippen LogP contribution >= 0.6 is 0 Å². The number of carbonyl (C=O) groups is 2. The molecule has 0 aliphatic rings. The lowest BCUT2D eigenvalue weighted by Crippen LogP contribution is -2.50. The summed E-state index contributed by atoms with van der Waals surface area (Å²) in [6.45, 7) is 2.34. The maximum absolute atomic E-state index is 11.7. The standard InChI is InChI=1S/C14H21N3O3/c1-2-3-9-20-14(19)16-12(13(18)17-15)10-11-7-5-4-6-8-11/h4-8,12H,2-3,9-10,15H2,1H3,(H,16,19)(H,17,18). The second kappa shape index (κ2) is 8.92. The van der Waals surface area contributed by atoms with Gasteiger partial charge in [0.2, 0.25) is 0 Å². The van der Waals surface area contributed by atoms with Crippen LogP contribution in [0.5, 0.6) is 0 Å². The summed E-state index contributed by atoms with van der Waals surface area (Å²) in [6.07, 6.45) is 1.47. The van der Waals surface area contributed by atoms with Crippen LogP contribution in [0.15, 0.2) is 30.3 Å². The van der Waals surface area contributed by atoms with E-state index in [4.69, 9.17) is 10.6 Å². The van der Waals surface area contributed by atoms with Gasteiger partial charge in [-0.25, -0.2) is 10.6 Å². The zero-order valence-corrected chi connectivity index (χ0v) is 11.6. The molecule has 0 saturated heterocycles. The Bertz CT molecular complexity index is 423. The van der Waals surface area contributed by atoms with E-state index in [1.54, 1.807) is 0 Å². The van der Waals surface area contributed by atoms with Crippen LogP contribution in [0.25, 0.3) is 0 Å². The highest BCUT2D eigenvalue weighted by atomic mass is 16.5.